The molecular weight excluding hydrogens is 765 g/mol. The van der Waals surface area contributed by atoms with Crippen LogP contribution in [0.3, 0.4) is 0 Å². The molecule has 2 unspecified atom stereocenters. The topological polar surface area (TPSA) is 93.5 Å². The second-order valence-corrected chi connectivity index (χ2v) is 22.5. The van der Waals surface area contributed by atoms with Crippen molar-refractivity contribution in [2.75, 3.05) is 27.2 Å². The zero-order valence-corrected chi connectivity index (χ0v) is 37.5. The predicted molar refractivity (Wildman–Crippen MR) is 226 cm³/mol. The van der Waals surface area contributed by atoms with Crippen LogP contribution in [0.25, 0.3) is 11.1 Å². The monoisotopic (exact) mass is 826 g/mol. The summed E-state index contributed by atoms with van der Waals surface area (Å²) < 4.78 is 63.5. The summed E-state index contributed by atoms with van der Waals surface area (Å²) in [4.78, 5) is 47.6. The van der Waals surface area contributed by atoms with Gasteiger partial charge < -0.3 is 19.5 Å². The van der Waals surface area contributed by atoms with E-state index in [9.17, 15) is 31.9 Å². The van der Waals surface area contributed by atoms with Crippen LogP contribution in [0.2, 0.25) is 16.6 Å². The number of hydrogen-bond acceptors (Lipinski definition) is 6. The Labute approximate surface area is 343 Å². The molecule has 0 aliphatic carbocycles. The lowest BCUT2D eigenvalue weighted by Crippen LogP contribution is -2.43. The van der Waals surface area contributed by atoms with Crippen molar-refractivity contribution in [1.82, 2.24) is 19.8 Å². The second kappa shape index (κ2) is 20.1. The van der Waals surface area contributed by atoms with Crippen LogP contribution in [0.1, 0.15) is 121 Å². The lowest BCUT2D eigenvalue weighted by atomic mass is 9.92. The van der Waals surface area contributed by atoms with Crippen LogP contribution >= 0.6 is 0 Å². The molecule has 0 fully saturated rings. The Morgan fingerprint density at radius 3 is 2.05 bits per heavy atom. The summed E-state index contributed by atoms with van der Waals surface area (Å²) in [6, 6.07) is 3.00. The van der Waals surface area contributed by atoms with E-state index >= 15 is 0 Å². The van der Waals surface area contributed by atoms with E-state index in [1.165, 1.54) is 12.1 Å². The number of benzene rings is 1. The van der Waals surface area contributed by atoms with Gasteiger partial charge >= 0.3 is 12.1 Å². The molecule has 0 aliphatic rings. The number of aromatic nitrogens is 2. The summed E-state index contributed by atoms with van der Waals surface area (Å²) in [6.45, 7) is 22.6. The van der Waals surface area contributed by atoms with Gasteiger partial charge in [-0.15, -0.1) is 5.54 Å². The van der Waals surface area contributed by atoms with E-state index in [0.29, 0.717) is 56.2 Å². The summed E-state index contributed by atoms with van der Waals surface area (Å²) in [6.07, 6.45) is -2.27. The predicted octanol–water partition coefficient (Wildman–Crippen LogP) is 9.76. The SMILES string of the molecule is CCOC(=O)CC(NC(=O)C(CC(C)C)n1cc(CCN(C)C)c(C(F)(F)F)cc1=O)c1cnc(C#C[Si](C(C)C)(C(C)C)C(C)C)c(-c2c(C)cc(F)cc2C)c1. The maximum atomic E-state index is 14.7. The van der Waals surface area contributed by atoms with Crippen LogP contribution in [0.4, 0.5) is 17.6 Å². The van der Waals surface area contributed by atoms with Gasteiger partial charge in [-0.25, -0.2) is 9.37 Å². The Balaban J connectivity index is 2.31. The number of nitrogens with one attached hydrogen (secondary N) is 1. The number of likely N-dealkylation sites (N-methyl/N-ethyl adjacent to an activating group) is 1. The number of halogens is 4. The molecule has 13 heteroatoms. The molecule has 0 radical (unpaired) electrons. The van der Waals surface area contributed by atoms with Gasteiger partial charge in [0.25, 0.3) is 5.56 Å². The molecule has 0 spiro atoms. The smallest absolute Gasteiger partial charge is 0.416 e. The summed E-state index contributed by atoms with van der Waals surface area (Å²) in [7, 11) is 1.25. The third-order valence-corrected chi connectivity index (χ3v) is 17.3. The minimum Gasteiger partial charge on any atom is -0.466 e. The standard InChI is InChI=1S/C45H62F4N4O4Si/c1-14-57-42(55)24-39(51-44(56)40(19-27(2)3)53-26-33(15-17-52(12)13)37(23-41(53)54)45(47,48)49)34-22-36(43-31(10)20-35(46)21-32(43)11)38(50-25-34)16-18-58(28(4)5,29(6)7)30(8)9/h20-23,25-30,39-40H,14-15,17,19,24H2,1-13H3,(H,51,56). The number of carbonyl (C=O) groups is 2. The maximum absolute atomic E-state index is 14.7. The second-order valence-electron chi connectivity index (χ2n) is 17.0. The number of carbonyl (C=O) groups excluding carboxylic acids is 2. The van der Waals surface area contributed by atoms with Crippen LogP contribution in [-0.2, 0) is 26.9 Å². The van der Waals surface area contributed by atoms with E-state index in [1.807, 2.05) is 13.8 Å². The minimum atomic E-state index is -4.77. The van der Waals surface area contributed by atoms with Gasteiger partial charge in [0, 0.05) is 30.6 Å². The highest BCUT2D eigenvalue weighted by molar-refractivity contribution is 6.90. The number of aryl methyl sites for hydroxylation is 2. The number of esters is 1. The number of hydrogen-bond donors (Lipinski definition) is 1. The number of alkyl halides is 3. The summed E-state index contributed by atoms with van der Waals surface area (Å²) >= 11 is 0. The van der Waals surface area contributed by atoms with Gasteiger partial charge in [-0.1, -0.05) is 61.3 Å². The molecule has 2 aromatic heterocycles. The van der Waals surface area contributed by atoms with E-state index in [0.717, 1.165) is 10.8 Å². The van der Waals surface area contributed by atoms with Crippen LogP contribution in [0.15, 0.2) is 41.5 Å². The lowest BCUT2D eigenvalue weighted by Gasteiger charge is -2.38. The Kier molecular flexibility index (Phi) is 16.7. The van der Waals surface area contributed by atoms with Crippen LogP contribution in [0, 0.1) is 37.0 Å². The molecule has 1 aromatic carbocycles. The maximum Gasteiger partial charge on any atom is 0.416 e. The van der Waals surface area contributed by atoms with Crippen molar-refractivity contribution >= 4 is 20.0 Å². The largest absolute Gasteiger partial charge is 0.466 e. The van der Waals surface area contributed by atoms with Crippen molar-refractivity contribution in [3.8, 4) is 22.6 Å². The van der Waals surface area contributed by atoms with Gasteiger partial charge in [-0.2, -0.15) is 13.2 Å². The number of amides is 1. The van der Waals surface area contributed by atoms with Gasteiger partial charge in [0.1, 0.15) is 25.6 Å². The molecule has 2 heterocycles. The average molecular weight is 827 g/mol. The van der Waals surface area contributed by atoms with Crippen LogP contribution in [0.5, 0.6) is 0 Å². The Morgan fingerprint density at radius 2 is 1.55 bits per heavy atom. The average Bonchev–Trinajstić information content (AvgIpc) is 3.09. The Morgan fingerprint density at radius 1 is 0.966 bits per heavy atom. The van der Waals surface area contributed by atoms with Crippen LogP contribution in [-0.4, -0.2) is 61.6 Å². The van der Waals surface area contributed by atoms with Crippen molar-refractivity contribution < 1.29 is 31.9 Å². The molecule has 3 rings (SSSR count). The molecule has 3 aromatic rings. The molecular formula is C45H62F4N4O4Si. The zero-order chi connectivity index (χ0) is 43.9. The first kappa shape index (κ1) is 48.1. The molecule has 0 saturated heterocycles. The third kappa shape index (κ3) is 11.7. The summed E-state index contributed by atoms with van der Waals surface area (Å²) in [5.74, 6) is 1.64. The lowest BCUT2D eigenvalue weighted by molar-refractivity contribution is -0.144. The molecule has 8 nitrogen and oxygen atoms in total. The first-order chi connectivity index (χ1) is 26.9. The van der Waals surface area contributed by atoms with E-state index in [4.69, 9.17) is 9.72 Å². The molecule has 0 aliphatic heterocycles. The molecule has 1 N–H and O–H groups in total. The van der Waals surface area contributed by atoms with Gasteiger partial charge in [0.05, 0.1) is 24.6 Å². The van der Waals surface area contributed by atoms with Crippen LogP contribution < -0.4 is 10.9 Å². The molecule has 1 amide bonds. The molecule has 0 saturated carbocycles. The number of ether oxygens (including phenoxy) is 1. The molecule has 0 bridgehead atoms. The normalized spacial score (nSPS) is 13.3. The van der Waals surface area contributed by atoms with E-state index in [1.54, 1.807) is 52.0 Å². The first-order valence-corrected chi connectivity index (χ1v) is 22.4. The number of rotatable bonds is 16. The van der Waals surface area contributed by atoms with E-state index < -0.39 is 55.2 Å². The fourth-order valence-corrected chi connectivity index (χ4v) is 13.4. The first-order valence-electron chi connectivity index (χ1n) is 20.2. The quantitative estimate of drug-likeness (QED) is 0.0670. The van der Waals surface area contributed by atoms with Gasteiger partial charge in [-0.3, -0.25) is 14.4 Å². The summed E-state index contributed by atoms with van der Waals surface area (Å²) in [5, 5.41) is 2.95. The van der Waals surface area contributed by atoms with Crippen molar-refractivity contribution in [1.29, 1.82) is 0 Å². The minimum absolute atomic E-state index is 0.00928. The van der Waals surface area contributed by atoms with E-state index in [-0.39, 0.29) is 43.9 Å². The van der Waals surface area contributed by atoms with Crippen molar-refractivity contribution in [3.63, 3.8) is 0 Å². The highest BCUT2D eigenvalue weighted by Crippen LogP contribution is 2.41. The third-order valence-electron chi connectivity index (χ3n) is 11.0. The highest BCUT2D eigenvalue weighted by atomic mass is 28.3. The number of nitrogens with zero attached hydrogens (tertiary/aromatic N) is 3. The highest BCUT2D eigenvalue weighted by Gasteiger charge is 2.42. The van der Waals surface area contributed by atoms with Gasteiger partial charge in [0.15, 0.2) is 0 Å². The molecule has 318 valence electrons. The van der Waals surface area contributed by atoms with Gasteiger partial charge in [0.2, 0.25) is 5.91 Å². The fourth-order valence-electron chi connectivity index (χ4n) is 8.24. The Bertz CT molecular complexity index is 2000. The Hall–Kier alpha value is -4.28. The molecule has 2 atom stereocenters. The van der Waals surface area contributed by atoms with E-state index in [2.05, 4.69) is 58.3 Å². The van der Waals surface area contributed by atoms with Crippen molar-refractivity contribution in [3.05, 3.63) is 86.3 Å². The molecule has 58 heavy (non-hydrogen) atoms. The number of pyridine rings is 2. The van der Waals surface area contributed by atoms with Gasteiger partial charge in [-0.05, 0) is 116 Å². The van der Waals surface area contributed by atoms with Crippen molar-refractivity contribution in [2.45, 2.75) is 130 Å². The van der Waals surface area contributed by atoms with Crippen molar-refractivity contribution in [2.24, 2.45) is 5.92 Å². The summed E-state index contributed by atoms with van der Waals surface area (Å²) in [5.41, 5.74) is 6.17. The zero-order valence-electron chi connectivity index (χ0n) is 36.5. The fraction of sp³-hybridized carbons (Fsp3) is 0.556.